The van der Waals surface area contributed by atoms with E-state index >= 15 is 0 Å². The average Bonchev–Trinajstić information content (AvgIpc) is 3.08. The molecule has 0 spiro atoms. The maximum atomic E-state index is 5.49. The first-order valence-electron chi connectivity index (χ1n) is 11.0. The van der Waals surface area contributed by atoms with E-state index in [0.717, 1.165) is 42.7 Å². The van der Waals surface area contributed by atoms with Crippen LogP contribution in [0.4, 0.5) is 0 Å². The Morgan fingerprint density at radius 2 is 1.90 bits per heavy atom. The second-order valence-corrected chi connectivity index (χ2v) is 8.59. The molecule has 1 saturated heterocycles. The third-order valence-electron chi connectivity index (χ3n) is 5.88. The third-order valence-corrected chi connectivity index (χ3v) is 5.88. The molecule has 3 atom stereocenters. The molecule has 7 heteroatoms. The first-order chi connectivity index (χ1) is 14.3. The quantitative estimate of drug-likeness (QED) is 0.474. The van der Waals surface area contributed by atoms with Gasteiger partial charge in [-0.15, -0.1) is 0 Å². The van der Waals surface area contributed by atoms with Gasteiger partial charge in [0.05, 0.1) is 26.8 Å². The van der Waals surface area contributed by atoms with Crippen molar-refractivity contribution in [2.75, 3.05) is 54.5 Å². The van der Waals surface area contributed by atoms with Crippen molar-refractivity contribution < 1.29 is 9.47 Å². The minimum atomic E-state index is 0.133. The van der Waals surface area contributed by atoms with Gasteiger partial charge in [-0.05, 0) is 58.5 Å². The van der Waals surface area contributed by atoms with Crippen molar-refractivity contribution in [1.29, 1.82) is 0 Å². The fourth-order valence-electron chi connectivity index (χ4n) is 3.91. The van der Waals surface area contributed by atoms with Crippen LogP contribution < -0.4 is 20.1 Å². The lowest BCUT2D eigenvalue weighted by Gasteiger charge is -2.25. The van der Waals surface area contributed by atoms with Crippen LogP contribution in [0.5, 0.6) is 11.5 Å². The van der Waals surface area contributed by atoms with Crippen LogP contribution in [0.3, 0.4) is 0 Å². The molecule has 0 radical (unpaired) electrons. The number of nitrogens with one attached hydrogen (secondary N) is 2. The summed E-state index contributed by atoms with van der Waals surface area (Å²) in [7, 11) is 7.48. The number of rotatable bonds is 9. The van der Waals surface area contributed by atoms with Crippen molar-refractivity contribution in [2.45, 2.75) is 45.8 Å². The average molecular weight is 420 g/mol. The summed E-state index contributed by atoms with van der Waals surface area (Å²) in [4.78, 5) is 9.65. The topological polar surface area (TPSA) is 61.4 Å². The van der Waals surface area contributed by atoms with Gasteiger partial charge in [0.15, 0.2) is 17.5 Å². The molecule has 1 aliphatic heterocycles. The normalized spacial score (nSPS) is 21.2. The smallest absolute Gasteiger partial charge is 0.191 e. The molecule has 1 aromatic carbocycles. The Morgan fingerprint density at radius 3 is 2.43 bits per heavy atom. The summed E-state index contributed by atoms with van der Waals surface area (Å²) in [5, 5.41) is 7.09. The van der Waals surface area contributed by atoms with Gasteiger partial charge in [-0.1, -0.05) is 13.0 Å². The number of likely N-dealkylation sites (tertiary alicyclic amines) is 1. The van der Waals surface area contributed by atoms with E-state index in [1.165, 1.54) is 0 Å². The monoisotopic (exact) mass is 419 g/mol. The van der Waals surface area contributed by atoms with Gasteiger partial charge >= 0.3 is 0 Å². The fraction of sp³-hybridized carbons (Fsp3) is 0.696. The number of hydrogen-bond acceptors (Lipinski definition) is 5. The zero-order valence-electron chi connectivity index (χ0n) is 20.0. The van der Waals surface area contributed by atoms with E-state index in [9.17, 15) is 0 Å². The molecule has 1 heterocycles. The molecule has 2 N–H and O–H groups in total. The van der Waals surface area contributed by atoms with Crippen molar-refractivity contribution in [1.82, 2.24) is 20.4 Å². The summed E-state index contributed by atoms with van der Waals surface area (Å²) in [6.07, 6.45) is 0. The van der Waals surface area contributed by atoms with Gasteiger partial charge in [0.1, 0.15) is 0 Å². The Hall–Kier alpha value is -1.99. The minimum absolute atomic E-state index is 0.133. The number of methoxy groups -OCH3 is 2. The molecule has 170 valence electrons. The Morgan fingerprint density at radius 1 is 1.20 bits per heavy atom. The summed E-state index contributed by atoms with van der Waals surface area (Å²) >= 11 is 0. The Kier molecular flexibility index (Phi) is 9.24. The molecule has 1 fully saturated rings. The zero-order chi connectivity index (χ0) is 22.3. The first kappa shape index (κ1) is 24.3. The summed E-state index contributed by atoms with van der Waals surface area (Å²) in [5.41, 5.74) is 1.15. The predicted molar refractivity (Wildman–Crippen MR) is 125 cm³/mol. The highest BCUT2D eigenvalue weighted by molar-refractivity contribution is 5.80. The van der Waals surface area contributed by atoms with Gasteiger partial charge < -0.3 is 25.0 Å². The summed E-state index contributed by atoms with van der Waals surface area (Å²) in [6, 6.07) is 7.19. The molecule has 1 aliphatic rings. The lowest BCUT2D eigenvalue weighted by Crippen LogP contribution is -2.47. The fourth-order valence-corrected chi connectivity index (χ4v) is 3.91. The largest absolute Gasteiger partial charge is 0.493 e. The molecule has 0 aliphatic carbocycles. The molecule has 1 aromatic rings. The molecule has 0 bridgehead atoms. The molecule has 0 amide bonds. The third kappa shape index (κ3) is 6.25. The van der Waals surface area contributed by atoms with E-state index in [1.807, 2.05) is 12.1 Å². The van der Waals surface area contributed by atoms with Crippen LogP contribution in [-0.4, -0.2) is 82.3 Å². The molecule has 7 nitrogen and oxygen atoms in total. The van der Waals surface area contributed by atoms with Crippen LogP contribution in [0, 0.1) is 5.92 Å². The van der Waals surface area contributed by atoms with Gasteiger partial charge in [-0.25, -0.2) is 0 Å². The Balaban J connectivity index is 2.16. The number of aliphatic imine (C=N–C) groups is 1. The van der Waals surface area contributed by atoms with Gasteiger partial charge in [0, 0.05) is 31.7 Å². The first-order valence-corrected chi connectivity index (χ1v) is 11.0. The molecule has 0 saturated carbocycles. The van der Waals surface area contributed by atoms with E-state index in [4.69, 9.17) is 14.5 Å². The Bertz CT molecular complexity index is 692. The van der Waals surface area contributed by atoms with Crippen molar-refractivity contribution in [3.05, 3.63) is 23.8 Å². The van der Waals surface area contributed by atoms with Crippen LogP contribution >= 0.6 is 0 Å². The maximum Gasteiger partial charge on any atom is 0.191 e. The SMILES string of the molecule is CCNC(=NCC(c1ccc(OC)c(OC)c1)N(C)C)NC1CN(C(C)C)CC1C. The minimum Gasteiger partial charge on any atom is -0.493 e. The van der Waals surface area contributed by atoms with E-state index in [2.05, 4.69) is 68.3 Å². The van der Waals surface area contributed by atoms with E-state index in [1.54, 1.807) is 14.2 Å². The van der Waals surface area contributed by atoms with Gasteiger partial charge in [0.25, 0.3) is 0 Å². The molecular formula is C23H41N5O2. The van der Waals surface area contributed by atoms with Crippen molar-refractivity contribution in [3.63, 3.8) is 0 Å². The highest BCUT2D eigenvalue weighted by Gasteiger charge is 2.31. The highest BCUT2D eigenvalue weighted by Crippen LogP contribution is 2.31. The highest BCUT2D eigenvalue weighted by atomic mass is 16.5. The number of nitrogens with zero attached hydrogens (tertiary/aromatic N) is 3. The van der Waals surface area contributed by atoms with Crippen molar-refractivity contribution in [2.24, 2.45) is 10.9 Å². The van der Waals surface area contributed by atoms with E-state index in [0.29, 0.717) is 24.5 Å². The Labute approximate surface area is 182 Å². The molecule has 3 unspecified atom stereocenters. The molecule has 2 rings (SSSR count). The number of ether oxygens (including phenoxy) is 2. The van der Waals surface area contributed by atoms with Crippen LogP contribution in [0.2, 0.25) is 0 Å². The van der Waals surface area contributed by atoms with Crippen LogP contribution in [0.1, 0.15) is 39.3 Å². The number of guanidine groups is 1. The second kappa shape index (κ2) is 11.4. The molecule has 30 heavy (non-hydrogen) atoms. The summed E-state index contributed by atoms with van der Waals surface area (Å²) in [5.74, 6) is 2.95. The van der Waals surface area contributed by atoms with E-state index in [-0.39, 0.29) is 6.04 Å². The second-order valence-electron chi connectivity index (χ2n) is 8.59. The summed E-state index contributed by atoms with van der Waals surface area (Å²) in [6.45, 7) is 12.6. The van der Waals surface area contributed by atoms with Crippen LogP contribution in [0.15, 0.2) is 23.2 Å². The maximum absolute atomic E-state index is 5.49. The van der Waals surface area contributed by atoms with E-state index < -0.39 is 0 Å². The number of likely N-dealkylation sites (N-methyl/N-ethyl adjacent to an activating group) is 1. The van der Waals surface area contributed by atoms with Gasteiger partial charge in [0.2, 0.25) is 0 Å². The molecular weight excluding hydrogens is 378 g/mol. The van der Waals surface area contributed by atoms with Gasteiger partial charge in [-0.3, -0.25) is 9.89 Å². The lowest BCUT2D eigenvalue weighted by atomic mass is 10.1. The van der Waals surface area contributed by atoms with Crippen LogP contribution in [0.25, 0.3) is 0 Å². The molecule has 0 aromatic heterocycles. The standard InChI is InChI=1S/C23H41N5O2/c1-9-24-23(26-19-15-28(16(2)3)14-17(19)4)25-13-20(27(5)6)18-10-11-21(29-7)22(12-18)30-8/h10-12,16-17,19-20H,9,13-15H2,1-8H3,(H2,24,25,26). The zero-order valence-corrected chi connectivity index (χ0v) is 20.0. The lowest BCUT2D eigenvalue weighted by molar-refractivity contribution is 0.265. The number of hydrogen-bond donors (Lipinski definition) is 2. The number of benzene rings is 1. The van der Waals surface area contributed by atoms with Crippen molar-refractivity contribution >= 4 is 5.96 Å². The van der Waals surface area contributed by atoms with Crippen LogP contribution in [-0.2, 0) is 0 Å². The van der Waals surface area contributed by atoms with Crippen molar-refractivity contribution in [3.8, 4) is 11.5 Å². The summed E-state index contributed by atoms with van der Waals surface area (Å²) < 4.78 is 10.9. The predicted octanol–water partition coefficient (Wildman–Crippen LogP) is 2.59. The van der Waals surface area contributed by atoms with Gasteiger partial charge in [-0.2, -0.15) is 0 Å².